The SMILES string of the molecule is CCC(O)(C(F)(F)F)C(F)(F)F.CCC(O)(C(F)(F)F)C(F)(F)F.CO[Si](C)(O[Si](C)(OC)C1CC2CCC1C2)C1CC2CCC1C2. The zero-order valence-corrected chi connectivity index (χ0v) is 29.2. The molecule has 5 nitrogen and oxygen atoms in total. The molecular weight excluding hydrogens is 700 g/mol. The molecular formula is C28H46F12O5Si2. The molecule has 0 saturated heterocycles. The first-order valence-corrected chi connectivity index (χ1v) is 20.4. The van der Waals surface area contributed by atoms with Crippen molar-refractivity contribution in [3.8, 4) is 0 Å². The molecule has 0 aliphatic heterocycles. The van der Waals surface area contributed by atoms with Crippen LogP contribution in [0.5, 0.6) is 0 Å². The Labute approximate surface area is 269 Å². The largest absolute Gasteiger partial charge is 0.426 e. The molecule has 0 aromatic carbocycles. The highest BCUT2D eigenvalue weighted by Crippen LogP contribution is 2.59. The van der Waals surface area contributed by atoms with Crippen molar-refractivity contribution in [2.45, 2.75) is 138 Å². The minimum absolute atomic E-state index is 0.612. The van der Waals surface area contributed by atoms with Gasteiger partial charge in [-0.1, -0.05) is 39.5 Å². The summed E-state index contributed by atoms with van der Waals surface area (Å²) >= 11 is 0. The van der Waals surface area contributed by atoms with Crippen LogP contribution >= 0.6 is 0 Å². The third kappa shape index (κ3) is 8.65. The number of hydrogen-bond donors (Lipinski definition) is 2. The third-order valence-corrected chi connectivity index (χ3v) is 19.9. The molecule has 4 bridgehead atoms. The van der Waals surface area contributed by atoms with Crippen LogP contribution in [0.2, 0.25) is 24.2 Å². The number of alkyl halides is 12. The van der Waals surface area contributed by atoms with Crippen LogP contribution in [-0.4, -0.2) is 77.5 Å². The quantitative estimate of drug-likeness (QED) is 0.192. The van der Waals surface area contributed by atoms with Crippen molar-refractivity contribution >= 4 is 17.1 Å². The lowest BCUT2D eigenvalue weighted by molar-refractivity contribution is -0.369. The van der Waals surface area contributed by atoms with E-state index in [2.05, 4.69) is 13.1 Å². The van der Waals surface area contributed by atoms with Gasteiger partial charge in [0, 0.05) is 25.3 Å². The molecule has 4 rings (SSSR count). The van der Waals surface area contributed by atoms with Crippen molar-refractivity contribution in [2.24, 2.45) is 23.7 Å². The highest BCUT2D eigenvalue weighted by atomic mass is 28.5. The first-order valence-electron chi connectivity index (χ1n) is 15.6. The standard InChI is InChI=1S/C18H34O3Si2.2C5H6F6O/c1-19-22(3,17-11-13-5-7-15(17)9-13)21-23(4,20-2)18-12-14-6-8-16(18)10-14;2*1-2-3(12,4(6,7)8)5(9,10)11/h13-18H,5-12H2,1-4H3;2*12H,2H2,1H3. The Morgan fingerprint density at radius 3 is 0.936 bits per heavy atom. The Morgan fingerprint density at radius 2 is 0.809 bits per heavy atom. The van der Waals surface area contributed by atoms with Gasteiger partial charge in [-0.3, -0.25) is 0 Å². The Kier molecular flexibility index (Phi) is 13.2. The second-order valence-corrected chi connectivity index (χ2v) is 20.7. The van der Waals surface area contributed by atoms with Gasteiger partial charge in [-0.15, -0.1) is 0 Å². The van der Waals surface area contributed by atoms with E-state index in [4.69, 9.17) is 23.2 Å². The first-order chi connectivity index (χ1) is 21.1. The lowest BCUT2D eigenvalue weighted by Crippen LogP contribution is -2.57. The summed E-state index contributed by atoms with van der Waals surface area (Å²) in [4.78, 5) is 0. The monoisotopic (exact) mass is 746 g/mol. The number of rotatable bonds is 8. The Hall–Kier alpha value is -0.606. The molecule has 8 atom stereocenters. The van der Waals surface area contributed by atoms with Crippen LogP contribution in [0.1, 0.15) is 78.1 Å². The Morgan fingerprint density at radius 1 is 0.532 bits per heavy atom. The normalized spacial score (nSPS) is 30.6. The fraction of sp³-hybridized carbons (Fsp3) is 1.00. The Balaban J connectivity index is 0.000000274. The van der Waals surface area contributed by atoms with Crippen molar-refractivity contribution in [1.29, 1.82) is 0 Å². The van der Waals surface area contributed by atoms with Crippen LogP contribution in [0.3, 0.4) is 0 Å². The van der Waals surface area contributed by atoms with Crippen LogP contribution in [0.4, 0.5) is 52.7 Å². The van der Waals surface area contributed by atoms with Crippen molar-refractivity contribution in [3.05, 3.63) is 0 Å². The van der Waals surface area contributed by atoms with Gasteiger partial charge in [0.1, 0.15) is 0 Å². The number of aliphatic hydroxyl groups is 2. The highest BCUT2D eigenvalue weighted by molar-refractivity contribution is 6.81. The highest BCUT2D eigenvalue weighted by Gasteiger charge is 2.70. The summed E-state index contributed by atoms with van der Waals surface area (Å²) in [5, 5.41) is 16.5. The van der Waals surface area contributed by atoms with Gasteiger partial charge in [-0.25, -0.2) is 0 Å². The lowest BCUT2D eigenvalue weighted by atomic mass is 10.00. The Bertz CT molecular complexity index is 918. The second-order valence-electron chi connectivity index (χ2n) is 13.5. The van der Waals surface area contributed by atoms with Crippen LogP contribution in [0, 0.1) is 23.7 Å². The molecule has 4 aliphatic carbocycles. The molecule has 280 valence electrons. The summed E-state index contributed by atoms with van der Waals surface area (Å²) in [6.45, 7) is 5.91. The van der Waals surface area contributed by atoms with E-state index < -0.39 is 65.9 Å². The molecule has 2 N–H and O–H groups in total. The summed E-state index contributed by atoms with van der Waals surface area (Å²) < 4.78 is 159. The van der Waals surface area contributed by atoms with Gasteiger partial charge in [-0.2, -0.15) is 52.7 Å². The molecule has 47 heavy (non-hydrogen) atoms. The summed E-state index contributed by atoms with van der Waals surface area (Å²) in [5.41, 5.74) is -7.77. The predicted molar refractivity (Wildman–Crippen MR) is 151 cm³/mol. The van der Waals surface area contributed by atoms with Gasteiger partial charge in [-0.05, 0) is 75.3 Å². The molecule has 4 fully saturated rings. The molecule has 0 radical (unpaired) electrons. The third-order valence-electron chi connectivity index (χ3n) is 10.9. The van der Waals surface area contributed by atoms with E-state index in [9.17, 15) is 52.7 Å². The first kappa shape index (κ1) is 42.6. The van der Waals surface area contributed by atoms with Gasteiger partial charge in [0.05, 0.1) is 0 Å². The summed E-state index contributed by atoms with van der Waals surface area (Å²) in [6.07, 6.45) is -14.3. The number of hydrogen-bond acceptors (Lipinski definition) is 5. The minimum atomic E-state index is -5.68. The molecule has 0 heterocycles. The van der Waals surface area contributed by atoms with Crippen molar-refractivity contribution in [2.75, 3.05) is 14.2 Å². The van der Waals surface area contributed by atoms with E-state index in [-0.39, 0.29) is 0 Å². The molecule has 19 heteroatoms. The van der Waals surface area contributed by atoms with Crippen LogP contribution in [0.25, 0.3) is 0 Å². The van der Waals surface area contributed by atoms with E-state index in [1.54, 1.807) is 0 Å². The number of halogens is 12. The molecule has 4 saturated carbocycles. The van der Waals surface area contributed by atoms with Crippen molar-refractivity contribution in [1.82, 2.24) is 0 Å². The maximum absolute atomic E-state index is 11.6. The van der Waals surface area contributed by atoms with Gasteiger partial charge >= 0.3 is 41.8 Å². The van der Waals surface area contributed by atoms with Crippen molar-refractivity contribution < 1.29 is 75.9 Å². The molecule has 0 aromatic heterocycles. The fourth-order valence-corrected chi connectivity index (χ4v) is 17.4. The van der Waals surface area contributed by atoms with Gasteiger partial charge in [0.2, 0.25) is 0 Å². The van der Waals surface area contributed by atoms with Gasteiger partial charge < -0.3 is 23.2 Å². The zero-order chi connectivity index (χ0) is 36.7. The van der Waals surface area contributed by atoms with Gasteiger partial charge in [0.25, 0.3) is 11.2 Å². The smallest absolute Gasteiger partial charge is 0.414 e. The van der Waals surface area contributed by atoms with Crippen LogP contribution in [-0.2, 0) is 13.0 Å². The van der Waals surface area contributed by atoms with E-state index in [1.165, 1.54) is 51.4 Å². The summed E-state index contributed by atoms with van der Waals surface area (Å²) in [7, 11) is -0.505. The molecule has 8 unspecified atom stereocenters. The maximum Gasteiger partial charge on any atom is 0.426 e. The average molecular weight is 747 g/mol. The molecule has 0 amide bonds. The second kappa shape index (κ2) is 14.6. The lowest BCUT2D eigenvalue weighted by Gasteiger charge is -2.45. The van der Waals surface area contributed by atoms with Crippen molar-refractivity contribution in [3.63, 3.8) is 0 Å². The minimum Gasteiger partial charge on any atom is -0.414 e. The molecule has 4 aliphatic rings. The van der Waals surface area contributed by atoms with E-state index in [0.29, 0.717) is 24.9 Å². The summed E-state index contributed by atoms with van der Waals surface area (Å²) in [5.74, 6) is 3.64. The van der Waals surface area contributed by atoms with E-state index >= 15 is 0 Å². The average Bonchev–Trinajstić information content (AvgIpc) is 3.77. The maximum atomic E-state index is 11.6. The van der Waals surface area contributed by atoms with Crippen LogP contribution in [0.15, 0.2) is 0 Å². The van der Waals surface area contributed by atoms with E-state index in [0.717, 1.165) is 23.7 Å². The molecule has 0 aromatic rings. The zero-order valence-electron chi connectivity index (χ0n) is 27.2. The van der Waals surface area contributed by atoms with Gasteiger partial charge in [0.15, 0.2) is 0 Å². The fourth-order valence-electron chi connectivity index (χ4n) is 7.84. The summed E-state index contributed by atoms with van der Waals surface area (Å²) in [6, 6.07) is 0. The topological polar surface area (TPSA) is 68.2 Å². The predicted octanol–water partition coefficient (Wildman–Crippen LogP) is 9.32. The number of fused-ring (bicyclic) bond motifs is 4. The van der Waals surface area contributed by atoms with E-state index in [1.807, 2.05) is 14.2 Å². The molecule has 0 spiro atoms. The van der Waals surface area contributed by atoms with Crippen LogP contribution < -0.4 is 0 Å².